The third kappa shape index (κ3) is 4.23. The number of amides is 2. The fourth-order valence-corrected chi connectivity index (χ4v) is 4.82. The Morgan fingerprint density at radius 1 is 1.11 bits per heavy atom. The Morgan fingerprint density at radius 3 is 2.77 bits per heavy atom. The number of fused-ring (bicyclic) bond motifs is 1. The lowest BCUT2D eigenvalue weighted by Gasteiger charge is -2.25. The van der Waals surface area contributed by atoms with Gasteiger partial charge in [0.15, 0.2) is 6.10 Å². The lowest BCUT2D eigenvalue weighted by molar-refractivity contribution is -0.149. The van der Waals surface area contributed by atoms with Crippen LogP contribution >= 0.6 is 11.6 Å². The van der Waals surface area contributed by atoms with E-state index in [1.54, 1.807) is 42.5 Å². The molecule has 2 unspecified atom stereocenters. The molecule has 3 aromatic rings. The zero-order valence-corrected chi connectivity index (χ0v) is 20.0. The number of carbonyl (C=O) groups is 2. The third-order valence-corrected chi connectivity index (χ3v) is 6.91. The second-order valence-corrected chi connectivity index (χ2v) is 9.48. The van der Waals surface area contributed by atoms with E-state index in [1.165, 1.54) is 12.1 Å². The molecule has 0 saturated carbocycles. The molecule has 3 heterocycles. The summed E-state index contributed by atoms with van der Waals surface area (Å²) in [7, 11) is 2.05. The summed E-state index contributed by atoms with van der Waals surface area (Å²) in [6, 6.07) is 14.8. The summed E-state index contributed by atoms with van der Waals surface area (Å²) in [5.74, 6) is -0.398. The Bertz CT molecular complexity index is 1290. The van der Waals surface area contributed by atoms with E-state index in [4.69, 9.17) is 16.0 Å². The van der Waals surface area contributed by atoms with Gasteiger partial charge in [-0.15, -0.1) is 0 Å². The normalized spacial score (nSPS) is 21.4. The fraction of sp³-hybridized carbons (Fsp3) is 0.308. The van der Waals surface area contributed by atoms with Crippen LogP contribution in [0.2, 0.25) is 5.02 Å². The quantitative estimate of drug-likeness (QED) is 0.513. The molecule has 2 atom stereocenters. The van der Waals surface area contributed by atoms with E-state index in [0.29, 0.717) is 40.7 Å². The van der Waals surface area contributed by atoms with E-state index < -0.39 is 17.6 Å². The molecule has 1 fully saturated rings. The lowest BCUT2D eigenvalue weighted by Crippen LogP contribution is -2.40. The number of hydrogen-bond acceptors (Lipinski definition) is 6. The van der Waals surface area contributed by atoms with Crippen LogP contribution in [0.5, 0.6) is 0 Å². The lowest BCUT2D eigenvalue weighted by atomic mass is 9.88. The molecule has 2 aliphatic rings. The summed E-state index contributed by atoms with van der Waals surface area (Å²) in [6.45, 7) is 3.16. The number of halogens is 1. The number of nitrogens with one attached hydrogen (secondary N) is 1. The maximum atomic E-state index is 13.1. The molecule has 2 amide bonds. The molecular formula is C26H26ClN3O5. The maximum Gasteiger partial charge on any atom is 0.264 e. The van der Waals surface area contributed by atoms with Gasteiger partial charge in [-0.1, -0.05) is 23.7 Å². The highest BCUT2D eigenvalue weighted by atomic mass is 35.5. The highest BCUT2D eigenvalue weighted by Gasteiger charge is 2.52. The molecule has 0 spiro atoms. The number of anilines is 1. The van der Waals surface area contributed by atoms with Gasteiger partial charge < -0.3 is 29.7 Å². The summed E-state index contributed by atoms with van der Waals surface area (Å²) < 4.78 is 5.86. The molecule has 2 aromatic carbocycles. The average molecular weight is 496 g/mol. The van der Waals surface area contributed by atoms with Crippen LogP contribution in [0, 0.1) is 0 Å². The maximum absolute atomic E-state index is 13.1. The summed E-state index contributed by atoms with van der Waals surface area (Å²) in [4.78, 5) is 29.8. The number of rotatable bonds is 4. The molecule has 2 aliphatic heterocycles. The van der Waals surface area contributed by atoms with Crippen molar-refractivity contribution in [1.82, 2.24) is 9.80 Å². The fourth-order valence-electron chi connectivity index (χ4n) is 4.65. The van der Waals surface area contributed by atoms with Crippen LogP contribution in [0.1, 0.15) is 34.2 Å². The second kappa shape index (κ2) is 9.13. The van der Waals surface area contributed by atoms with Crippen LogP contribution in [0.3, 0.4) is 0 Å². The highest BCUT2D eigenvalue weighted by molar-refractivity contribution is 6.31. The van der Waals surface area contributed by atoms with Crippen molar-refractivity contribution >= 4 is 29.1 Å². The van der Waals surface area contributed by atoms with Crippen LogP contribution in [-0.2, 0) is 10.4 Å². The summed E-state index contributed by atoms with van der Waals surface area (Å²) in [5.41, 5.74) is -0.516. The third-order valence-electron chi connectivity index (χ3n) is 6.68. The molecule has 3 N–H and O–H groups in total. The zero-order chi connectivity index (χ0) is 24.7. The predicted molar refractivity (Wildman–Crippen MR) is 131 cm³/mol. The van der Waals surface area contributed by atoms with Crippen LogP contribution < -0.4 is 5.32 Å². The van der Waals surface area contributed by atoms with Crippen molar-refractivity contribution in [2.24, 2.45) is 0 Å². The summed E-state index contributed by atoms with van der Waals surface area (Å²) in [6.07, 6.45) is -0.749. The second-order valence-electron chi connectivity index (χ2n) is 9.04. The monoisotopic (exact) mass is 495 g/mol. The van der Waals surface area contributed by atoms with Crippen LogP contribution in [0.25, 0.3) is 11.3 Å². The van der Waals surface area contributed by atoms with Gasteiger partial charge in [0.1, 0.15) is 11.5 Å². The molecule has 1 aromatic heterocycles. The minimum atomic E-state index is -2.26. The van der Waals surface area contributed by atoms with E-state index in [9.17, 15) is 19.8 Å². The molecular weight excluding hydrogens is 470 g/mol. The number of likely N-dealkylation sites (N-methyl/N-ethyl adjacent to an activating group) is 1. The van der Waals surface area contributed by atoms with E-state index in [1.807, 2.05) is 4.90 Å². The van der Waals surface area contributed by atoms with E-state index in [0.717, 1.165) is 19.5 Å². The van der Waals surface area contributed by atoms with Gasteiger partial charge >= 0.3 is 0 Å². The number of aliphatic hydroxyl groups is 2. The van der Waals surface area contributed by atoms with Crippen LogP contribution in [0.4, 0.5) is 5.69 Å². The largest absolute Gasteiger partial charge is 0.458 e. The number of carbonyl (C=O) groups excluding carboxylic acids is 2. The van der Waals surface area contributed by atoms with Crippen LogP contribution in [0.15, 0.2) is 59.0 Å². The van der Waals surface area contributed by atoms with Crippen molar-refractivity contribution in [2.75, 3.05) is 38.5 Å². The number of hydrogen-bond donors (Lipinski definition) is 3. The number of furan rings is 1. The van der Waals surface area contributed by atoms with Crippen molar-refractivity contribution in [3.8, 4) is 11.3 Å². The Morgan fingerprint density at radius 2 is 1.94 bits per heavy atom. The average Bonchev–Trinajstić information content (AvgIpc) is 3.37. The first-order valence-electron chi connectivity index (χ1n) is 11.5. The smallest absolute Gasteiger partial charge is 0.264 e. The Kier molecular flexibility index (Phi) is 6.14. The van der Waals surface area contributed by atoms with Crippen molar-refractivity contribution in [2.45, 2.75) is 18.1 Å². The number of aliphatic hydroxyl groups excluding tert-OH is 1. The molecule has 0 bridgehead atoms. The van der Waals surface area contributed by atoms with E-state index in [2.05, 4.69) is 17.3 Å². The summed E-state index contributed by atoms with van der Waals surface area (Å²) >= 11 is 6.06. The van der Waals surface area contributed by atoms with Crippen LogP contribution in [-0.4, -0.2) is 65.1 Å². The SMILES string of the molecule is CN1CCCN(C(=O)c2cccc(-c3ccc(C(O)C4(O)C(=O)Nc5ccc(Cl)cc54)o3)c2)CC1. The molecule has 0 aliphatic carbocycles. The number of benzene rings is 2. The van der Waals surface area contributed by atoms with Crippen molar-refractivity contribution < 1.29 is 24.2 Å². The molecule has 8 nitrogen and oxygen atoms in total. The van der Waals surface area contributed by atoms with Gasteiger partial charge in [-0.25, -0.2) is 0 Å². The predicted octanol–water partition coefficient (Wildman–Crippen LogP) is 3.25. The Hall–Kier alpha value is -3.17. The zero-order valence-electron chi connectivity index (χ0n) is 19.2. The van der Waals surface area contributed by atoms with Gasteiger partial charge in [-0.2, -0.15) is 0 Å². The van der Waals surface area contributed by atoms with E-state index in [-0.39, 0.29) is 17.2 Å². The molecule has 5 rings (SSSR count). The first-order valence-corrected chi connectivity index (χ1v) is 11.8. The summed E-state index contributed by atoms with van der Waals surface area (Å²) in [5, 5.41) is 25.1. The van der Waals surface area contributed by atoms with Crippen molar-refractivity contribution in [3.05, 3.63) is 76.5 Å². The van der Waals surface area contributed by atoms with Gasteiger partial charge in [0.25, 0.3) is 11.8 Å². The first kappa shape index (κ1) is 23.6. The van der Waals surface area contributed by atoms with Gasteiger partial charge in [-0.05, 0) is 62.5 Å². The van der Waals surface area contributed by atoms with Gasteiger partial charge in [-0.3, -0.25) is 9.59 Å². The van der Waals surface area contributed by atoms with Crippen molar-refractivity contribution in [1.29, 1.82) is 0 Å². The molecule has 35 heavy (non-hydrogen) atoms. The van der Waals surface area contributed by atoms with Crippen molar-refractivity contribution in [3.63, 3.8) is 0 Å². The molecule has 182 valence electrons. The first-order chi connectivity index (χ1) is 16.8. The minimum absolute atomic E-state index is 0.0118. The Labute approximate surface area is 207 Å². The molecule has 0 radical (unpaired) electrons. The topological polar surface area (TPSA) is 106 Å². The van der Waals surface area contributed by atoms with E-state index >= 15 is 0 Å². The standard InChI is InChI=1S/C26H26ClN3O5/c1-29-10-3-11-30(13-12-29)24(32)17-5-2-4-16(14-17)21-8-9-22(35-21)23(31)26(34)19-15-18(27)6-7-20(19)28-25(26)33/h2,4-9,14-15,23,31,34H,3,10-13H2,1H3,(H,28,33). The number of nitrogens with zero attached hydrogens (tertiary/aromatic N) is 2. The Balaban J connectivity index is 1.40. The molecule has 1 saturated heterocycles. The van der Waals surface area contributed by atoms with Gasteiger partial charge in [0, 0.05) is 47.0 Å². The minimum Gasteiger partial charge on any atom is -0.458 e. The highest BCUT2D eigenvalue weighted by Crippen LogP contribution is 2.45. The molecule has 9 heteroatoms. The van der Waals surface area contributed by atoms with Gasteiger partial charge in [0.05, 0.1) is 0 Å². The van der Waals surface area contributed by atoms with Gasteiger partial charge in [0.2, 0.25) is 5.60 Å².